The van der Waals surface area contributed by atoms with E-state index in [1.165, 1.54) is 6.07 Å². The van der Waals surface area contributed by atoms with Gasteiger partial charge in [0.25, 0.3) is 0 Å². The number of nitrogens with one attached hydrogen (secondary N) is 1. The molecule has 0 aliphatic carbocycles. The molecule has 94 valence electrons. The van der Waals surface area contributed by atoms with Crippen molar-refractivity contribution in [3.8, 4) is 0 Å². The van der Waals surface area contributed by atoms with E-state index in [9.17, 15) is 4.39 Å². The monoisotopic (exact) mass is 347 g/mol. The Hall–Kier alpha value is -0.770. The van der Waals surface area contributed by atoms with Crippen molar-refractivity contribution >= 4 is 44.8 Å². The SMILES string of the molecule is Fc1ccc(Br)cc1NCc1ccc(Cl)c(Cl)c1. The largest absolute Gasteiger partial charge is 0.379 e. The average Bonchev–Trinajstić information content (AvgIpc) is 2.34. The first-order valence-electron chi connectivity index (χ1n) is 5.19. The van der Waals surface area contributed by atoms with Crippen LogP contribution in [0.25, 0.3) is 0 Å². The third-order valence-electron chi connectivity index (χ3n) is 2.40. The van der Waals surface area contributed by atoms with Gasteiger partial charge < -0.3 is 5.32 Å². The van der Waals surface area contributed by atoms with E-state index in [4.69, 9.17) is 23.2 Å². The molecule has 1 nitrogen and oxygen atoms in total. The fourth-order valence-electron chi connectivity index (χ4n) is 1.48. The second kappa shape index (κ2) is 5.91. The zero-order valence-electron chi connectivity index (χ0n) is 9.18. The molecule has 2 rings (SSSR count). The van der Waals surface area contributed by atoms with Gasteiger partial charge in [-0.15, -0.1) is 0 Å². The molecule has 18 heavy (non-hydrogen) atoms. The van der Waals surface area contributed by atoms with Gasteiger partial charge in [-0.25, -0.2) is 4.39 Å². The summed E-state index contributed by atoms with van der Waals surface area (Å²) < 4.78 is 14.3. The maximum atomic E-state index is 13.5. The summed E-state index contributed by atoms with van der Waals surface area (Å²) in [6.45, 7) is 0.476. The predicted molar refractivity (Wildman–Crippen MR) is 77.9 cm³/mol. The lowest BCUT2D eigenvalue weighted by molar-refractivity contribution is 0.630. The standard InChI is InChI=1S/C13H9BrCl2FN/c14-9-2-4-12(17)13(6-9)18-7-8-1-3-10(15)11(16)5-8/h1-6,18H,7H2. The van der Waals surface area contributed by atoms with Gasteiger partial charge in [-0.1, -0.05) is 45.2 Å². The summed E-state index contributed by atoms with van der Waals surface area (Å²) in [5.41, 5.74) is 1.37. The third-order valence-corrected chi connectivity index (χ3v) is 3.63. The highest BCUT2D eigenvalue weighted by Gasteiger charge is 2.03. The summed E-state index contributed by atoms with van der Waals surface area (Å²) in [5, 5.41) is 4.01. The number of rotatable bonds is 3. The highest BCUT2D eigenvalue weighted by atomic mass is 79.9. The van der Waals surface area contributed by atoms with Gasteiger partial charge in [0.1, 0.15) is 5.82 Å². The van der Waals surface area contributed by atoms with Crippen LogP contribution in [-0.2, 0) is 6.54 Å². The summed E-state index contributed by atoms with van der Waals surface area (Å²) in [6, 6.07) is 10.1. The first-order valence-corrected chi connectivity index (χ1v) is 6.74. The molecule has 0 unspecified atom stereocenters. The van der Waals surface area contributed by atoms with Crippen molar-refractivity contribution in [2.75, 3.05) is 5.32 Å². The number of hydrogen-bond acceptors (Lipinski definition) is 1. The predicted octanol–water partition coefficient (Wildman–Crippen LogP) is 5.51. The summed E-state index contributed by atoms with van der Waals surface area (Å²) in [4.78, 5) is 0. The number of anilines is 1. The van der Waals surface area contributed by atoms with Crippen LogP contribution in [0.5, 0.6) is 0 Å². The first kappa shape index (κ1) is 13.7. The van der Waals surface area contributed by atoms with Crippen molar-refractivity contribution in [2.45, 2.75) is 6.54 Å². The zero-order chi connectivity index (χ0) is 13.1. The van der Waals surface area contributed by atoms with Gasteiger partial charge in [-0.05, 0) is 35.9 Å². The Balaban J connectivity index is 2.11. The molecule has 0 aliphatic heterocycles. The van der Waals surface area contributed by atoms with Crippen LogP contribution in [-0.4, -0.2) is 0 Å². The zero-order valence-corrected chi connectivity index (χ0v) is 12.3. The van der Waals surface area contributed by atoms with Gasteiger partial charge in [0, 0.05) is 11.0 Å². The van der Waals surface area contributed by atoms with E-state index in [0.29, 0.717) is 22.3 Å². The van der Waals surface area contributed by atoms with Crippen LogP contribution in [0.4, 0.5) is 10.1 Å². The van der Waals surface area contributed by atoms with Crippen molar-refractivity contribution in [1.82, 2.24) is 0 Å². The number of benzene rings is 2. The molecule has 0 heterocycles. The minimum absolute atomic E-state index is 0.293. The molecule has 0 saturated heterocycles. The molecule has 0 amide bonds. The van der Waals surface area contributed by atoms with Gasteiger partial charge in [0.15, 0.2) is 0 Å². The molecule has 0 bridgehead atoms. The minimum atomic E-state index is -0.293. The van der Waals surface area contributed by atoms with Crippen LogP contribution in [0.2, 0.25) is 10.0 Å². The quantitative estimate of drug-likeness (QED) is 0.771. The van der Waals surface area contributed by atoms with Crippen LogP contribution < -0.4 is 5.32 Å². The van der Waals surface area contributed by atoms with Gasteiger partial charge >= 0.3 is 0 Å². The van der Waals surface area contributed by atoms with E-state index < -0.39 is 0 Å². The summed E-state index contributed by atoms with van der Waals surface area (Å²) >= 11 is 15.0. The molecule has 5 heteroatoms. The fraction of sp³-hybridized carbons (Fsp3) is 0.0769. The molecule has 2 aromatic rings. The van der Waals surface area contributed by atoms with Crippen LogP contribution in [0.1, 0.15) is 5.56 Å². The smallest absolute Gasteiger partial charge is 0.146 e. The van der Waals surface area contributed by atoms with Crippen LogP contribution in [0, 0.1) is 5.82 Å². The van der Waals surface area contributed by atoms with E-state index in [1.54, 1.807) is 24.3 Å². The average molecular weight is 349 g/mol. The Morgan fingerprint density at radius 2 is 1.83 bits per heavy atom. The molecule has 0 radical (unpaired) electrons. The molecular formula is C13H9BrCl2FN. The van der Waals surface area contributed by atoms with E-state index in [1.807, 2.05) is 6.07 Å². The van der Waals surface area contributed by atoms with Crippen LogP contribution in [0.15, 0.2) is 40.9 Å². The van der Waals surface area contributed by atoms with Gasteiger partial charge in [-0.3, -0.25) is 0 Å². The second-order valence-electron chi connectivity index (χ2n) is 3.73. The van der Waals surface area contributed by atoms with Gasteiger partial charge in [0.2, 0.25) is 0 Å². The van der Waals surface area contributed by atoms with Crippen molar-refractivity contribution in [2.24, 2.45) is 0 Å². The Kier molecular flexibility index (Phi) is 4.49. The maximum absolute atomic E-state index is 13.5. The summed E-state index contributed by atoms with van der Waals surface area (Å²) in [5.74, 6) is -0.293. The van der Waals surface area contributed by atoms with E-state index in [-0.39, 0.29) is 5.82 Å². The van der Waals surface area contributed by atoms with Crippen molar-refractivity contribution < 1.29 is 4.39 Å². The number of hydrogen-bond donors (Lipinski definition) is 1. The van der Waals surface area contributed by atoms with Crippen molar-refractivity contribution in [1.29, 1.82) is 0 Å². The molecular weight excluding hydrogens is 340 g/mol. The van der Waals surface area contributed by atoms with Gasteiger partial charge in [-0.2, -0.15) is 0 Å². The fourth-order valence-corrected chi connectivity index (χ4v) is 2.16. The molecule has 0 atom stereocenters. The normalized spacial score (nSPS) is 10.4. The highest BCUT2D eigenvalue weighted by Crippen LogP contribution is 2.24. The Labute approximate surface area is 123 Å². The number of halogens is 4. The molecule has 2 aromatic carbocycles. The second-order valence-corrected chi connectivity index (χ2v) is 5.46. The minimum Gasteiger partial charge on any atom is -0.379 e. The molecule has 1 N–H and O–H groups in total. The maximum Gasteiger partial charge on any atom is 0.146 e. The van der Waals surface area contributed by atoms with Crippen LogP contribution >= 0.6 is 39.1 Å². The van der Waals surface area contributed by atoms with Gasteiger partial charge in [0.05, 0.1) is 15.7 Å². The lowest BCUT2D eigenvalue weighted by Gasteiger charge is -2.09. The highest BCUT2D eigenvalue weighted by molar-refractivity contribution is 9.10. The Bertz CT molecular complexity index is 575. The van der Waals surface area contributed by atoms with E-state index in [0.717, 1.165) is 10.0 Å². The molecule has 0 saturated carbocycles. The van der Waals surface area contributed by atoms with Crippen LogP contribution in [0.3, 0.4) is 0 Å². The lowest BCUT2D eigenvalue weighted by Crippen LogP contribution is -2.01. The summed E-state index contributed by atoms with van der Waals surface area (Å²) in [7, 11) is 0. The summed E-state index contributed by atoms with van der Waals surface area (Å²) in [6.07, 6.45) is 0. The Morgan fingerprint density at radius 1 is 1.06 bits per heavy atom. The molecule has 0 fully saturated rings. The molecule has 0 aromatic heterocycles. The third kappa shape index (κ3) is 3.37. The van der Waals surface area contributed by atoms with E-state index >= 15 is 0 Å². The van der Waals surface area contributed by atoms with Crippen molar-refractivity contribution in [3.63, 3.8) is 0 Å². The lowest BCUT2D eigenvalue weighted by atomic mass is 10.2. The van der Waals surface area contributed by atoms with E-state index in [2.05, 4.69) is 21.2 Å². The Morgan fingerprint density at radius 3 is 2.56 bits per heavy atom. The first-order chi connectivity index (χ1) is 8.56. The van der Waals surface area contributed by atoms with Crippen molar-refractivity contribution in [3.05, 3.63) is 62.3 Å². The molecule has 0 spiro atoms. The molecule has 0 aliphatic rings. The topological polar surface area (TPSA) is 12.0 Å².